The largest absolute Gasteiger partial charge is 0.478 e. The van der Waals surface area contributed by atoms with E-state index in [0.29, 0.717) is 18.6 Å². The van der Waals surface area contributed by atoms with E-state index in [-0.39, 0.29) is 17.1 Å². The molecule has 0 aliphatic heterocycles. The molecular formula is C12H16O5S. The molecule has 0 radical (unpaired) electrons. The third-order valence-corrected chi connectivity index (χ3v) is 4.05. The van der Waals surface area contributed by atoms with Gasteiger partial charge in [-0.05, 0) is 24.1 Å². The first kappa shape index (κ1) is 14.7. The van der Waals surface area contributed by atoms with E-state index in [1.807, 2.05) is 0 Å². The Balaban J connectivity index is 2.72. The molecule has 5 nitrogen and oxygen atoms in total. The van der Waals surface area contributed by atoms with Crippen molar-refractivity contribution < 1.29 is 23.1 Å². The van der Waals surface area contributed by atoms with Gasteiger partial charge in [0.05, 0.1) is 17.1 Å². The van der Waals surface area contributed by atoms with Crippen molar-refractivity contribution in [1.29, 1.82) is 0 Å². The number of hydrogen-bond acceptors (Lipinski definition) is 4. The molecular weight excluding hydrogens is 256 g/mol. The highest BCUT2D eigenvalue weighted by atomic mass is 32.2. The molecule has 1 aromatic rings. The van der Waals surface area contributed by atoms with Gasteiger partial charge in [-0.15, -0.1) is 0 Å². The Hall–Kier alpha value is -1.40. The van der Waals surface area contributed by atoms with Crippen LogP contribution in [0.4, 0.5) is 0 Å². The van der Waals surface area contributed by atoms with Crippen molar-refractivity contribution in [2.24, 2.45) is 0 Å². The zero-order chi connectivity index (χ0) is 13.6. The number of ether oxygens (including phenoxy) is 1. The van der Waals surface area contributed by atoms with Gasteiger partial charge in [-0.2, -0.15) is 0 Å². The second-order valence-corrected chi connectivity index (χ2v) is 6.13. The normalized spacial score (nSPS) is 11.4. The van der Waals surface area contributed by atoms with Gasteiger partial charge in [-0.1, -0.05) is 12.1 Å². The number of carbonyl (C=O) groups is 1. The molecule has 0 amide bonds. The molecule has 0 bridgehead atoms. The fourth-order valence-corrected chi connectivity index (χ4v) is 2.93. The Labute approximate surface area is 106 Å². The maximum absolute atomic E-state index is 11.8. The molecule has 6 heteroatoms. The monoisotopic (exact) mass is 272 g/mol. The number of carboxylic acid groups (broad SMARTS) is 1. The molecule has 18 heavy (non-hydrogen) atoms. The first-order chi connectivity index (χ1) is 8.44. The van der Waals surface area contributed by atoms with Gasteiger partial charge in [0.2, 0.25) is 0 Å². The topological polar surface area (TPSA) is 80.7 Å². The number of sulfone groups is 1. The minimum atomic E-state index is -3.22. The van der Waals surface area contributed by atoms with Crippen molar-refractivity contribution in [1.82, 2.24) is 0 Å². The molecule has 0 aromatic heterocycles. The van der Waals surface area contributed by atoms with E-state index >= 15 is 0 Å². The molecule has 0 aliphatic rings. The summed E-state index contributed by atoms with van der Waals surface area (Å²) >= 11 is 0. The molecule has 1 rings (SSSR count). The Bertz CT molecular complexity index is 507. The molecule has 100 valence electrons. The maximum atomic E-state index is 11.8. The minimum absolute atomic E-state index is 0.0398. The van der Waals surface area contributed by atoms with Crippen LogP contribution in [0, 0.1) is 0 Å². The summed E-state index contributed by atoms with van der Waals surface area (Å²) < 4.78 is 28.3. The summed E-state index contributed by atoms with van der Waals surface area (Å²) in [5.74, 6) is -1.16. The lowest BCUT2D eigenvalue weighted by Crippen LogP contribution is -2.11. The van der Waals surface area contributed by atoms with Gasteiger partial charge in [0.1, 0.15) is 0 Å². The highest BCUT2D eigenvalue weighted by Crippen LogP contribution is 2.10. The Morgan fingerprint density at radius 1 is 1.39 bits per heavy atom. The second kappa shape index (κ2) is 6.51. The average Bonchev–Trinajstić information content (AvgIpc) is 2.28. The summed E-state index contributed by atoms with van der Waals surface area (Å²) in [4.78, 5) is 10.8. The van der Waals surface area contributed by atoms with Gasteiger partial charge in [-0.25, -0.2) is 13.2 Å². The van der Waals surface area contributed by atoms with E-state index in [4.69, 9.17) is 9.84 Å². The number of rotatable bonds is 7. The summed E-state index contributed by atoms with van der Waals surface area (Å²) in [5, 5.41) is 8.81. The Morgan fingerprint density at radius 2 is 2.11 bits per heavy atom. The average molecular weight is 272 g/mol. The Kier molecular flexibility index (Phi) is 5.30. The van der Waals surface area contributed by atoms with Crippen LogP contribution in [0.25, 0.3) is 0 Å². The maximum Gasteiger partial charge on any atom is 0.335 e. The summed E-state index contributed by atoms with van der Waals surface area (Å²) in [6.45, 7) is 0.397. The number of methoxy groups -OCH3 is 1. The predicted octanol–water partition coefficient (Wildman–Crippen LogP) is 1.34. The first-order valence-corrected chi connectivity index (χ1v) is 7.28. The fourth-order valence-electron chi connectivity index (χ4n) is 1.54. The van der Waals surface area contributed by atoms with Gasteiger partial charge in [0.15, 0.2) is 9.84 Å². The number of hydrogen-bond donors (Lipinski definition) is 1. The SMILES string of the molecule is COCCCS(=O)(=O)Cc1cccc(C(=O)O)c1. The number of aromatic carboxylic acids is 1. The van der Waals surface area contributed by atoms with Crippen LogP contribution in [-0.4, -0.2) is 39.0 Å². The summed E-state index contributed by atoms with van der Waals surface area (Å²) in [7, 11) is -1.71. The van der Waals surface area contributed by atoms with E-state index < -0.39 is 15.8 Å². The standard InChI is InChI=1S/C12H16O5S/c1-17-6-3-7-18(15,16)9-10-4-2-5-11(8-10)12(13)14/h2,4-5,8H,3,6-7,9H2,1H3,(H,13,14). The Morgan fingerprint density at radius 3 is 2.72 bits per heavy atom. The quantitative estimate of drug-likeness (QED) is 0.757. The van der Waals surface area contributed by atoms with E-state index in [9.17, 15) is 13.2 Å². The van der Waals surface area contributed by atoms with E-state index in [0.717, 1.165) is 0 Å². The highest BCUT2D eigenvalue weighted by molar-refractivity contribution is 7.90. The van der Waals surface area contributed by atoms with E-state index in [1.165, 1.54) is 19.2 Å². The van der Waals surface area contributed by atoms with E-state index in [1.54, 1.807) is 12.1 Å². The zero-order valence-electron chi connectivity index (χ0n) is 10.1. The lowest BCUT2D eigenvalue weighted by atomic mass is 10.1. The number of benzene rings is 1. The van der Waals surface area contributed by atoms with Gasteiger partial charge in [0, 0.05) is 13.7 Å². The predicted molar refractivity (Wildman–Crippen MR) is 67.4 cm³/mol. The third-order valence-electron chi connectivity index (χ3n) is 2.36. The van der Waals surface area contributed by atoms with Crippen LogP contribution in [0.3, 0.4) is 0 Å². The van der Waals surface area contributed by atoms with Gasteiger partial charge in [0.25, 0.3) is 0 Å². The van der Waals surface area contributed by atoms with Crippen molar-refractivity contribution in [3.8, 4) is 0 Å². The summed E-state index contributed by atoms with van der Waals surface area (Å²) in [6, 6.07) is 5.98. The van der Waals surface area contributed by atoms with Crippen molar-refractivity contribution in [2.75, 3.05) is 19.5 Å². The molecule has 0 fully saturated rings. The molecule has 0 spiro atoms. The minimum Gasteiger partial charge on any atom is -0.478 e. The van der Waals surface area contributed by atoms with Crippen molar-refractivity contribution in [2.45, 2.75) is 12.2 Å². The second-order valence-electron chi connectivity index (χ2n) is 3.94. The van der Waals surface area contributed by atoms with Crippen molar-refractivity contribution >= 4 is 15.8 Å². The van der Waals surface area contributed by atoms with Crippen LogP contribution in [0.1, 0.15) is 22.3 Å². The van der Waals surface area contributed by atoms with Crippen molar-refractivity contribution in [3.63, 3.8) is 0 Å². The molecule has 0 unspecified atom stereocenters. The van der Waals surface area contributed by atoms with Gasteiger partial charge < -0.3 is 9.84 Å². The van der Waals surface area contributed by atoms with Crippen molar-refractivity contribution in [3.05, 3.63) is 35.4 Å². The summed E-state index contributed by atoms with van der Waals surface area (Å²) in [5.41, 5.74) is 0.590. The zero-order valence-corrected chi connectivity index (χ0v) is 10.9. The highest BCUT2D eigenvalue weighted by Gasteiger charge is 2.13. The van der Waals surface area contributed by atoms with Crippen LogP contribution in [-0.2, 0) is 20.3 Å². The van der Waals surface area contributed by atoms with Crippen LogP contribution in [0.15, 0.2) is 24.3 Å². The molecule has 0 heterocycles. The molecule has 0 saturated heterocycles. The summed E-state index contributed by atoms with van der Waals surface area (Å²) in [6.07, 6.45) is 0.442. The lowest BCUT2D eigenvalue weighted by molar-refractivity contribution is 0.0696. The van der Waals surface area contributed by atoms with Crippen LogP contribution in [0.2, 0.25) is 0 Å². The molecule has 1 N–H and O–H groups in total. The van der Waals surface area contributed by atoms with Crippen LogP contribution >= 0.6 is 0 Å². The third kappa shape index (κ3) is 4.85. The molecule has 1 aromatic carbocycles. The van der Waals surface area contributed by atoms with E-state index in [2.05, 4.69) is 0 Å². The van der Waals surface area contributed by atoms with Gasteiger partial charge >= 0.3 is 5.97 Å². The molecule has 0 saturated carbocycles. The smallest absolute Gasteiger partial charge is 0.335 e. The van der Waals surface area contributed by atoms with Crippen LogP contribution < -0.4 is 0 Å². The van der Waals surface area contributed by atoms with Crippen LogP contribution in [0.5, 0.6) is 0 Å². The first-order valence-electron chi connectivity index (χ1n) is 5.46. The molecule has 0 aliphatic carbocycles. The lowest BCUT2D eigenvalue weighted by Gasteiger charge is -2.05. The molecule has 0 atom stereocenters. The fraction of sp³-hybridized carbons (Fsp3) is 0.417. The number of carboxylic acids is 1. The van der Waals surface area contributed by atoms with Gasteiger partial charge in [-0.3, -0.25) is 0 Å².